The molecule has 0 radical (unpaired) electrons. The van der Waals surface area contributed by atoms with Gasteiger partial charge in [0.05, 0.1) is 12.2 Å². The van der Waals surface area contributed by atoms with Gasteiger partial charge in [-0.05, 0) is 57.2 Å². The number of nitrogens with one attached hydrogen (secondary N) is 2. The van der Waals surface area contributed by atoms with Gasteiger partial charge >= 0.3 is 0 Å². The average Bonchev–Trinajstić information content (AvgIpc) is 2.99. The summed E-state index contributed by atoms with van der Waals surface area (Å²) in [4.78, 5) is 17.2. The number of amides is 1. The highest BCUT2D eigenvalue weighted by Gasteiger charge is 2.13. The summed E-state index contributed by atoms with van der Waals surface area (Å²) < 4.78 is 16.3. The van der Waals surface area contributed by atoms with Gasteiger partial charge in [-0.2, -0.15) is 5.10 Å². The zero-order valence-corrected chi connectivity index (χ0v) is 18.6. The van der Waals surface area contributed by atoms with Gasteiger partial charge in [-0.3, -0.25) is 14.8 Å². The Labute approximate surface area is 183 Å². The van der Waals surface area contributed by atoms with Crippen molar-refractivity contribution in [2.45, 2.75) is 33.9 Å². The molecule has 8 heteroatoms. The first-order valence-corrected chi connectivity index (χ1v) is 10.3. The predicted molar refractivity (Wildman–Crippen MR) is 120 cm³/mol. The number of guanidine groups is 1. The average molecular weight is 472 g/mol. The van der Waals surface area contributed by atoms with Crippen LogP contribution in [0.2, 0.25) is 0 Å². The largest absolute Gasteiger partial charge is 0.326 e. The molecule has 156 valence electrons. The number of carbonyl (C=O) groups excluding carboxylic acids is 1. The number of nitrogens with zero attached hydrogens (tertiary/aromatic N) is 3. The molecule has 0 aliphatic rings. The Morgan fingerprint density at radius 1 is 1.20 bits per heavy atom. The molecule has 0 bridgehead atoms. The summed E-state index contributed by atoms with van der Waals surface area (Å²) in [5.41, 5.74) is 3.91. The van der Waals surface area contributed by atoms with Gasteiger partial charge in [0.25, 0.3) is 5.91 Å². The smallest absolute Gasteiger partial charge is 0.258 e. The highest BCUT2D eigenvalue weighted by atomic mass is 79.9. The summed E-state index contributed by atoms with van der Waals surface area (Å²) in [7, 11) is 0. The summed E-state index contributed by atoms with van der Waals surface area (Å²) in [6.45, 7) is 7.09. The molecule has 0 saturated heterocycles. The van der Waals surface area contributed by atoms with Crippen LogP contribution in [-0.4, -0.2) is 21.6 Å². The first-order chi connectivity index (χ1) is 14.4. The number of benzene rings is 2. The molecular formula is C22H23BrFN5O. The topological polar surface area (TPSA) is 71.3 Å². The Hall–Kier alpha value is -3.00. The van der Waals surface area contributed by atoms with Crippen LogP contribution in [0.3, 0.4) is 0 Å². The maximum atomic E-state index is 13.5. The second-order valence-corrected chi connectivity index (χ2v) is 7.65. The van der Waals surface area contributed by atoms with Crippen molar-refractivity contribution in [2.24, 2.45) is 4.99 Å². The van der Waals surface area contributed by atoms with Gasteiger partial charge in [0, 0.05) is 33.5 Å². The lowest BCUT2D eigenvalue weighted by Gasteiger charge is -2.12. The summed E-state index contributed by atoms with van der Waals surface area (Å²) in [6, 6.07) is 13.0. The van der Waals surface area contributed by atoms with Crippen molar-refractivity contribution in [1.29, 1.82) is 0 Å². The molecule has 0 unspecified atom stereocenters. The molecular weight excluding hydrogens is 449 g/mol. The molecule has 2 N–H and O–H groups in total. The fourth-order valence-corrected chi connectivity index (χ4v) is 3.45. The second-order valence-electron chi connectivity index (χ2n) is 6.73. The van der Waals surface area contributed by atoms with Crippen LogP contribution in [0.4, 0.5) is 10.1 Å². The number of rotatable bonds is 5. The molecule has 0 saturated carbocycles. The maximum Gasteiger partial charge on any atom is 0.258 e. The molecule has 0 aliphatic heterocycles. The van der Waals surface area contributed by atoms with Crippen molar-refractivity contribution in [3.8, 4) is 0 Å². The number of hydrogen-bond acceptors (Lipinski definition) is 3. The molecule has 1 amide bonds. The van der Waals surface area contributed by atoms with E-state index in [0.717, 1.165) is 33.7 Å². The zero-order valence-electron chi connectivity index (χ0n) is 17.0. The number of anilines is 1. The van der Waals surface area contributed by atoms with E-state index in [0.29, 0.717) is 6.54 Å². The van der Waals surface area contributed by atoms with E-state index in [1.165, 1.54) is 18.2 Å². The summed E-state index contributed by atoms with van der Waals surface area (Å²) in [5, 5.41) is 10.4. The third-order valence-corrected chi connectivity index (χ3v) is 5.13. The molecule has 0 spiro atoms. The molecule has 0 fully saturated rings. The van der Waals surface area contributed by atoms with Gasteiger partial charge in [-0.1, -0.05) is 28.1 Å². The van der Waals surface area contributed by atoms with E-state index < -0.39 is 11.7 Å². The summed E-state index contributed by atoms with van der Waals surface area (Å²) >= 11 is 3.43. The fourth-order valence-electron chi connectivity index (χ4n) is 3.05. The molecule has 0 atom stereocenters. The van der Waals surface area contributed by atoms with E-state index in [2.05, 4.69) is 36.7 Å². The van der Waals surface area contributed by atoms with E-state index in [9.17, 15) is 9.18 Å². The summed E-state index contributed by atoms with van der Waals surface area (Å²) in [5.74, 6) is -0.654. The molecule has 0 aliphatic carbocycles. The van der Waals surface area contributed by atoms with Crippen LogP contribution in [0.1, 0.15) is 34.2 Å². The van der Waals surface area contributed by atoms with E-state index in [1.807, 2.05) is 49.7 Å². The van der Waals surface area contributed by atoms with Crippen molar-refractivity contribution in [2.75, 3.05) is 5.32 Å². The van der Waals surface area contributed by atoms with Crippen molar-refractivity contribution >= 4 is 33.5 Å². The van der Waals surface area contributed by atoms with E-state index in [-0.39, 0.29) is 11.5 Å². The van der Waals surface area contributed by atoms with E-state index >= 15 is 0 Å². The van der Waals surface area contributed by atoms with Gasteiger partial charge in [0.2, 0.25) is 5.96 Å². The second kappa shape index (κ2) is 9.67. The Balaban J connectivity index is 1.87. The maximum absolute atomic E-state index is 13.5. The van der Waals surface area contributed by atoms with Crippen molar-refractivity contribution in [3.63, 3.8) is 0 Å². The number of aromatic nitrogens is 2. The molecule has 3 rings (SSSR count). The Morgan fingerprint density at radius 2 is 1.97 bits per heavy atom. The number of halogens is 2. The SMILES string of the molecule is CCn1nc(C)c(CN=C(NC(=O)c2cccc(F)c2)Nc2cccc(Br)c2)c1C. The Bertz CT molecular complexity index is 1090. The molecule has 1 heterocycles. The van der Waals surface area contributed by atoms with Crippen LogP contribution in [0.5, 0.6) is 0 Å². The minimum Gasteiger partial charge on any atom is -0.326 e. The lowest BCUT2D eigenvalue weighted by molar-refractivity contribution is 0.0976. The quantitative estimate of drug-likeness (QED) is 0.413. The number of aryl methyl sites for hydroxylation is 2. The zero-order chi connectivity index (χ0) is 21.7. The Kier molecular flexibility index (Phi) is 6.99. The minimum atomic E-state index is -0.473. The lowest BCUT2D eigenvalue weighted by Crippen LogP contribution is -2.36. The first kappa shape index (κ1) is 21.7. The molecule has 1 aromatic heterocycles. The number of aliphatic imine (C=N–C) groups is 1. The van der Waals surface area contributed by atoms with Crippen LogP contribution >= 0.6 is 15.9 Å². The third kappa shape index (κ3) is 5.33. The minimum absolute atomic E-state index is 0.213. The van der Waals surface area contributed by atoms with Crippen molar-refractivity contribution in [1.82, 2.24) is 15.1 Å². The van der Waals surface area contributed by atoms with Crippen LogP contribution in [0, 0.1) is 19.7 Å². The molecule has 2 aromatic carbocycles. The third-order valence-electron chi connectivity index (χ3n) is 4.63. The lowest BCUT2D eigenvalue weighted by atomic mass is 10.2. The Morgan fingerprint density at radius 3 is 2.63 bits per heavy atom. The highest BCUT2D eigenvalue weighted by Crippen LogP contribution is 2.17. The normalized spacial score (nSPS) is 11.4. The highest BCUT2D eigenvalue weighted by molar-refractivity contribution is 9.10. The van der Waals surface area contributed by atoms with Crippen LogP contribution in [0.25, 0.3) is 0 Å². The van der Waals surface area contributed by atoms with E-state index in [1.54, 1.807) is 6.07 Å². The van der Waals surface area contributed by atoms with Crippen molar-refractivity contribution < 1.29 is 9.18 Å². The van der Waals surface area contributed by atoms with Crippen LogP contribution < -0.4 is 10.6 Å². The standard InChI is InChI=1S/C22H23BrFN5O/c1-4-29-15(3)20(14(2)28-29)13-25-22(26-19-10-6-8-17(23)12-19)27-21(30)16-7-5-9-18(24)11-16/h5-12H,4,13H2,1-3H3,(H2,25,26,27,30). The van der Waals surface area contributed by atoms with Gasteiger partial charge in [0.1, 0.15) is 5.82 Å². The number of hydrogen-bond donors (Lipinski definition) is 2. The van der Waals surface area contributed by atoms with E-state index in [4.69, 9.17) is 0 Å². The predicted octanol–water partition coefficient (Wildman–Crippen LogP) is 4.82. The molecule has 3 aromatic rings. The van der Waals surface area contributed by atoms with Crippen molar-refractivity contribution in [3.05, 3.63) is 81.3 Å². The monoisotopic (exact) mass is 471 g/mol. The van der Waals surface area contributed by atoms with Gasteiger partial charge < -0.3 is 5.32 Å². The number of carbonyl (C=O) groups is 1. The molecule has 6 nitrogen and oxygen atoms in total. The fraction of sp³-hybridized carbons (Fsp3) is 0.227. The van der Waals surface area contributed by atoms with Gasteiger partial charge in [-0.15, -0.1) is 0 Å². The molecule has 30 heavy (non-hydrogen) atoms. The summed E-state index contributed by atoms with van der Waals surface area (Å²) in [6.07, 6.45) is 0. The van der Waals surface area contributed by atoms with Crippen LogP contribution in [0.15, 0.2) is 58.0 Å². The van der Waals surface area contributed by atoms with Gasteiger partial charge in [0.15, 0.2) is 0 Å². The van der Waals surface area contributed by atoms with Gasteiger partial charge in [-0.25, -0.2) is 9.38 Å². The van der Waals surface area contributed by atoms with Crippen LogP contribution in [-0.2, 0) is 13.1 Å². The first-order valence-electron chi connectivity index (χ1n) is 9.54.